The number of thioether (sulfide) groups is 1. The Bertz CT molecular complexity index is 1230. The van der Waals surface area contributed by atoms with Gasteiger partial charge in [-0.2, -0.15) is 4.72 Å². The Balaban J connectivity index is 1.85. The van der Waals surface area contributed by atoms with Crippen molar-refractivity contribution in [2.45, 2.75) is 35.2 Å². The minimum absolute atomic E-state index is 0.0262. The molecule has 35 heavy (non-hydrogen) atoms. The maximum absolute atomic E-state index is 13.3. The van der Waals surface area contributed by atoms with E-state index in [0.717, 1.165) is 16.0 Å². The monoisotopic (exact) mass is 514 g/mol. The van der Waals surface area contributed by atoms with E-state index in [1.165, 1.54) is 32.4 Å². The summed E-state index contributed by atoms with van der Waals surface area (Å²) in [5.74, 6) is 0.271. The highest BCUT2D eigenvalue weighted by atomic mass is 32.2. The summed E-state index contributed by atoms with van der Waals surface area (Å²) in [6, 6.07) is 20.1. The predicted molar refractivity (Wildman–Crippen MR) is 139 cm³/mol. The van der Waals surface area contributed by atoms with Gasteiger partial charge in [0.1, 0.15) is 6.04 Å². The van der Waals surface area contributed by atoms with Gasteiger partial charge in [0.2, 0.25) is 15.9 Å². The molecule has 0 aliphatic heterocycles. The molecule has 0 aromatic heterocycles. The van der Waals surface area contributed by atoms with Crippen LogP contribution >= 0.6 is 11.8 Å². The highest BCUT2D eigenvalue weighted by Crippen LogP contribution is 2.29. The zero-order valence-electron chi connectivity index (χ0n) is 20.1. The van der Waals surface area contributed by atoms with Gasteiger partial charge in [0, 0.05) is 11.0 Å². The third kappa shape index (κ3) is 7.00. The van der Waals surface area contributed by atoms with E-state index in [0.29, 0.717) is 5.75 Å². The molecule has 0 unspecified atom stereocenters. The first-order valence-electron chi connectivity index (χ1n) is 11.0. The number of ether oxygens (including phenoxy) is 2. The number of benzene rings is 3. The summed E-state index contributed by atoms with van der Waals surface area (Å²) in [5, 5.41) is 2.95. The topological polar surface area (TPSA) is 93.7 Å². The van der Waals surface area contributed by atoms with Gasteiger partial charge in [0.05, 0.1) is 25.2 Å². The average molecular weight is 515 g/mol. The SMILES string of the molecule is COc1ccc(S(=O)(=O)N[C@H](Cc2ccccc2)C(=O)N[C@@H](C)c2ccc(SC)cc2)cc1OC. The maximum Gasteiger partial charge on any atom is 0.241 e. The quantitative estimate of drug-likeness (QED) is 0.373. The van der Waals surface area contributed by atoms with Crippen LogP contribution in [0.5, 0.6) is 11.5 Å². The summed E-state index contributed by atoms with van der Waals surface area (Å²) in [6.07, 6.45) is 2.19. The lowest BCUT2D eigenvalue weighted by Crippen LogP contribution is -2.48. The van der Waals surface area contributed by atoms with E-state index in [-0.39, 0.29) is 23.1 Å². The Morgan fingerprint density at radius 2 is 1.60 bits per heavy atom. The molecule has 0 bridgehead atoms. The Morgan fingerprint density at radius 1 is 0.943 bits per heavy atom. The number of carbonyl (C=O) groups excluding carboxylic acids is 1. The van der Waals surface area contributed by atoms with Gasteiger partial charge in [-0.25, -0.2) is 8.42 Å². The molecule has 3 rings (SSSR count). The molecule has 9 heteroatoms. The number of rotatable bonds is 11. The van der Waals surface area contributed by atoms with Crippen molar-refractivity contribution in [3.63, 3.8) is 0 Å². The lowest BCUT2D eigenvalue weighted by molar-refractivity contribution is -0.123. The first-order chi connectivity index (χ1) is 16.8. The lowest BCUT2D eigenvalue weighted by Gasteiger charge is -2.22. The first kappa shape index (κ1) is 26.6. The number of carbonyl (C=O) groups is 1. The van der Waals surface area contributed by atoms with E-state index >= 15 is 0 Å². The van der Waals surface area contributed by atoms with Crippen LogP contribution in [-0.2, 0) is 21.2 Å². The van der Waals surface area contributed by atoms with Gasteiger partial charge in [0.15, 0.2) is 11.5 Å². The largest absolute Gasteiger partial charge is 0.493 e. The number of nitrogens with one attached hydrogen (secondary N) is 2. The Morgan fingerprint density at radius 3 is 2.20 bits per heavy atom. The Hall–Kier alpha value is -3.01. The fourth-order valence-electron chi connectivity index (χ4n) is 3.57. The molecule has 0 fully saturated rings. The molecular weight excluding hydrogens is 484 g/mol. The van der Waals surface area contributed by atoms with Gasteiger partial charge < -0.3 is 14.8 Å². The molecule has 2 N–H and O–H groups in total. The van der Waals surface area contributed by atoms with Gasteiger partial charge in [-0.1, -0.05) is 42.5 Å². The predicted octanol–water partition coefficient (Wildman–Crippen LogP) is 4.19. The molecule has 3 aromatic rings. The van der Waals surface area contributed by atoms with Crippen molar-refractivity contribution in [1.82, 2.24) is 10.0 Å². The molecule has 0 aliphatic carbocycles. The molecule has 3 aromatic carbocycles. The second kappa shape index (κ2) is 12.1. The zero-order chi connectivity index (χ0) is 25.4. The van der Waals surface area contributed by atoms with Crippen molar-refractivity contribution >= 4 is 27.7 Å². The van der Waals surface area contributed by atoms with Crippen molar-refractivity contribution in [2.75, 3.05) is 20.5 Å². The lowest BCUT2D eigenvalue weighted by atomic mass is 10.0. The molecule has 0 heterocycles. The molecule has 0 spiro atoms. The summed E-state index contributed by atoms with van der Waals surface area (Å²) in [4.78, 5) is 14.4. The fourth-order valence-corrected chi connectivity index (χ4v) is 5.19. The van der Waals surface area contributed by atoms with Gasteiger partial charge in [-0.05, 0) is 55.0 Å². The van der Waals surface area contributed by atoms with Gasteiger partial charge in [-0.15, -0.1) is 11.8 Å². The summed E-state index contributed by atoms with van der Waals surface area (Å²) in [5.41, 5.74) is 1.76. The van der Waals surface area contributed by atoms with Crippen LogP contribution in [0, 0.1) is 0 Å². The number of methoxy groups -OCH3 is 2. The smallest absolute Gasteiger partial charge is 0.241 e. The highest BCUT2D eigenvalue weighted by Gasteiger charge is 2.28. The molecule has 7 nitrogen and oxygen atoms in total. The van der Waals surface area contributed by atoms with Crippen LogP contribution in [0.25, 0.3) is 0 Å². The fraction of sp³-hybridized carbons (Fsp3) is 0.269. The molecule has 0 aliphatic rings. The highest BCUT2D eigenvalue weighted by molar-refractivity contribution is 7.98. The van der Waals surface area contributed by atoms with E-state index in [9.17, 15) is 13.2 Å². The minimum Gasteiger partial charge on any atom is -0.493 e. The number of hydrogen-bond donors (Lipinski definition) is 2. The molecule has 0 saturated carbocycles. The van der Waals surface area contributed by atoms with Gasteiger partial charge in [0.25, 0.3) is 0 Å². The van der Waals surface area contributed by atoms with E-state index in [4.69, 9.17) is 9.47 Å². The standard InChI is InChI=1S/C26H30N2O5S2/c1-18(20-10-12-21(34-4)13-11-20)27-26(29)23(16-19-8-6-5-7-9-19)28-35(30,31)22-14-15-24(32-2)25(17-22)33-3/h5-15,17-18,23,28H,16H2,1-4H3,(H,27,29)/t18-,23+/m0/s1. The molecule has 0 saturated heterocycles. The normalized spacial score (nSPS) is 13.0. The van der Waals surface area contributed by atoms with E-state index < -0.39 is 22.0 Å². The van der Waals surface area contributed by atoms with Gasteiger partial charge in [-0.3, -0.25) is 4.79 Å². The summed E-state index contributed by atoms with van der Waals surface area (Å²) >= 11 is 1.64. The Kier molecular flexibility index (Phi) is 9.20. The first-order valence-corrected chi connectivity index (χ1v) is 13.7. The maximum atomic E-state index is 13.3. The van der Waals surface area contributed by atoms with Gasteiger partial charge >= 0.3 is 0 Å². The average Bonchev–Trinajstić information content (AvgIpc) is 2.88. The summed E-state index contributed by atoms with van der Waals surface area (Å²) in [6.45, 7) is 1.87. The molecule has 1 amide bonds. The molecule has 186 valence electrons. The van der Waals surface area contributed by atoms with Crippen molar-refractivity contribution in [3.05, 3.63) is 83.9 Å². The van der Waals surface area contributed by atoms with E-state index in [1.807, 2.05) is 67.8 Å². The third-order valence-electron chi connectivity index (χ3n) is 5.54. The zero-order valence-corrected chi connectivity index (χ0v) is 21.8. The van der Waals surface area contributed by atoms with Crippen molar-refractivity contribution in [2.24, 2.45) is 0 Å². The second-order valence-electron chi connectivity index (χ2n) is 7.88. The van der Waals surface area contributed by atoms with Crippen molar-refractivity contribution in [1.29, 1.82) is 0 Å². The second-order valence-corrected chi connectivity index (χ2v) is 10.5. The molecular formula is C26H30N2O5S2. The summed E-state index contributed by atoms with van der Waals surface area (Å²) < 4.78 is 39.5. The van der Waals surface area contributed by atoms with Crippen LogP contribution in [0.3, 0.4) is 0 Å². The molecule has 0 radical (unpaired) electrons. The molecule has 2 atom stereocenters. The third-order valence-corrected chi connectivity index (χ3v) is 7.75. The number of sulfonamides is 1. The van der Waals surface area contributed by atoms with Crippen molar-refractivity contribution in [3.8, 4) is 11.5 Å². The van der Waals surface area contributed by atoms with E-state index in [2.05, 4.69) is 10.0 Å². The van der Waals surface area contributed by atoms with Crippen LogP contribution in [0.4, 0.5) is 0 Å². The van der Waals surface area contributed by atoms with Crippen molar-refractivity contribution < 1.29 is 22.7 Å². The summed E-state index contributed by atoms with van der Waals surface area (Å²) in [7, 11) is -1.14. The number of hydrogen-bond acceptors (Lipinski definition) is 6. The number of amides is 1. The minimum atomic E-state index is -4.04. The van der Waals surface area contributed by atoms with Crippen LogP contribution in [0.2, 0.25) is 0 Å². The van der Waals surface area contributed by atoms with Crippen LogP contribution < -0.4 is 19.5 Å². The Labute approximate surface area is 211 Å². The van der Waals surface area contributed by atoms with Crippen LogP contribution in [0.1, 0.15) is 24.1 Å². The van der Waals surface area contributed by atoms with Crippen LogP contribution in [0.15, 0.2) is 82.6 Å². The van der Waals surface area contributed by atoms with E-state index in [1.54, 1.807) is 11.8 Å². The van der Waals surface area contributed by atoms with Crippen LogP contribution in [-0.4, -0.2) is 40.8 Å².